The first-order valence-corrected chi connectivity index (χ1v) is 15.5. The molecule has 0 spiro atoms. The van der Waals surface area contributed by atoms with Gasteiger partial charge in [-0.3, -0.25) is 9.05 Å². The second-order valence-corrected chi connectivity index (χ2v) is 11.9. The van der Waals surface area contributed by atoms with Gasteiger partial charge in [-0.2, -0.15) is 0 Å². The predicted molar refractivity (Wildman–Crippen MR) is 150 cm³/mol. The van der Waals surface area contributed by atoms with Crippen LogP contribution in [0.5, 0.6) is 0 Å². The predicted octanol–water partition coefficient (Wildman–Crippen LogP) is 7.06. The number of hydrogen-bond donors (Lipinski definition) is 1. The first-order chi connectivity index (χ1) is 17.2. The van der Waals surface area contributed by atoms with Crippen LogP contribution in [0.3, 0.4) is 0 Å². The van der Waals surface area contributed by atoms with E-state index in [-0.39, 0.29) is 13.2 Å². The summed E-state index contributed by atoms with van der Waals surface area (Å²) >= 11 is 0. The van der Waals surface area contributed by atoms with E-state index in [1.54, 1.807) is 0 Å². The standard InChI is InChI=1S/C28H56NO6P/c1-6-7-8-9-10-11-12-13-14-15-16-17-18-19-20-21-22-24-33-26-28(32-5)27-35-36(30,31)34-25-23-29(2,3)4/h11-12,17-18,28H,6-10,13-16,19-27H2,1-5H3/p+1/b12-11-,18-17-/t28-/m1/s1. The topological polar surface area (TPSA) is 74.2 Å². The number of methoxy groups -OCH3 is 1. The fourth-order valence-corrected chi connectivity index (χ4v) is 4.11. The van der Waals surface area contributed by atoms with Gasteiger partial charge in [-0.1, -0.05) is 56.9 Å². The summed E-state index contributed by atoms with van der Waals surface area (Å²) in [4.78, 5) is 9.79. The van der Waals surface area contributed by atoms with Gasteiger partial charge < -0.3 is 18.9 Å². The molecule has 0 aliphatic rings. The summed E-state index contributed by atoms with van der Waals surface area (Å²) in [5.41, 5.74) is 0. The van der Waals surface area contributed by atoms with Crippen molar-refractivity contribution in [2.45, 2.75) is 96.5 Å². The summed E-state index contributed by atoms with van der Waals surface area (Å²) in [7, 11) is 3.42. The van der Waals surface area contributed by atoms with E-state index in [2.05, 4.69) is 31.2 Å². The molecule has 36 heavy (non-hydrogen) atoms. The number of hydrogen-bond acceptors (Lipinski definition) is 5. The highest BCUT2D eigenvalue weighted by Crippen LogP contribution is 2.43. The van der Waals surface area contributed by atoms with Crippen molar-refractivity contribution in [1.29, 1.82) is 0 Å². The molecule has 0 rings (SSSR count). The number of quaternary nitrogens is 1. The molecule has 0 heterocycles. The highest BCUT2D eigenvalue weighted by atomic mass is 31.2. The third-order valence-electron chi connectivity index (χ3n) is 5.79. The monoisotopic (exact) mass is 534 g/mol. The van der Waals surface area contributed by atoms with Crippen molar-refractivity contribution < 1.29 is 32.5 Å². The number of allylic oxidation sites excluding steroid dienone is 4. The molecule has 0 bridgehead atoms. The van der Waals surface area contributed by atoms with E-state index in [0.29, 0.717) is 24.2 Å². The van der Waals surface area contributed by atoms with Crippen LogP contribution < -0.4 is 0 Å². The van der Waals surface area contributed by atoms with Gasteiger partial charge >= 0.3 is 7.82 Å². The maximum absolute atomic E-state index is 12.0. The Morgan fingerprint density at radius 1 is 0.750 bits per heavy atom. The number of ether oxygens (including phenoxy) is 2. The van der Waals surface area contributed by atoms with E-state index in [1.165, 1.54) is 64.9 Å². The Hall–Kier alpha value is -0.530. The van der Waals surface area contributed by atoms with Gasteiger partial charge in [0.05, 0.1) is 34.4 Å². The fraction of sp³-hybridized carbons (Fsp3) is 0.857. The number of rotatable bonds is 26. The molecule has 0 amide bonds. The van der Waals surface area contributed by atoms with Crippen LogP contribution in [0.4, 0.5) is 0 Å². The molecule has 1 N–H and O–H groups in total. The molecule has 0 saturated carbocycles. The van der Waals surface area contributed by atoms with Crippen LogP contribution in [-0.4, -0.2) is 76.7 Å². The average molecular weight is 535 g/mol. The molecular formula is C28H57NO6P+. The molecule has 2 atom stereocenters. The van der Waals surface area contributed by atoms with E-state index in [0.717, 1.165) is 25.7 Å². The van der Waals surface area contributed by atoms with Crippen LogP contribution in [0.1, 0.15) is 90.4 Å². The smallest absolute Gasteiger partial charge is 0.379 e. The lowest BCUT2D eigenvalue weighted by atomic mass is 10.1. The van der Waals surface area contributed by atoms with E-state index in [4.69, 9.17) is 18.5 Å². The largest absolute Gasteiger partial charge is 0.472 e. The molecule has 0 radical (unpaired) electrons. The Balaban J connectivity index is 3.60. The second-order valence-electron chi connectivity index (χ2n) is 10.5. The molecule has 214 valence electrons. The highest BCUT2D eigenvalue weighted by molar-refractivity contribution is 7.47. The molecule has 1 unspecified atom stereocenters. The van der Waals surface area contributed by atoms with Gasteiger partial charge in [-0.25, -0.2) is 4.57 Å². The third kappa shape index (κ3) is 26.5. The first kappa shape index (κ1) is 35.5. The lowest BCUT2D eigenvalue weighted by Gasteiger charge is -2.24. The lowest BCUT2D eigenvalue weighted by molar-refractivity contribution is -0.870. The Morgan fingerprint density at radius 2 is 1.28 bits per heavy atom. The molecular weight excluding hydrogens is 477 g/mol. The number of nitrogens with zero attached hydrogens (tertiary/aromatic N) is 1. The van der Waals surface area contributed by atoms with Crippen molar-refractivity contribution in [2.24, 2.45) is 0 Å². The SMILES string of the molecule is CCCCCC/C=C\CCCC/C=C\CCCCCOC[C@H](COP(=O)(O)OCC[N+](C)(C)C)OC. The third-order valence-corrected chi connectivity index (χ3v) is 6.77. The Labute approximate surface area is 222 Å². The molecule has 0 saturated heterocycles. The maximum Gasteiger partial charge on any atom is 0.472 e. The van der Waals surface area contributed by atoms with Crippen molar-refractivity contribution in [3.05, 3.63) is 24.3 Å². The van der Waals surface area contributed by atoms with Crippen molar-refractivity contribution in [1.82, 2.24) is 0 Å². The van der Waals surface area contributed by atoms with Crippen molar-refractivity contribution >= 4 is 7.82 Å². The summed E-state index contributed by atoms with van der Waals surface area (Å²) in [6.07, 6.45) is 24.9. The van der Waals surface area contributed by atoms with E-state index in [1.807, 2.05) is 21.1 Å². The minimum atomic E-state index is -4.08. The molecule has 7 nitrogen and oxygen atoms in total. The quantitative estimate of drug-likeness (QED) is 0.0554. The van der Waals surface area contributed by atoms with Crippen molar-refractivity contribution in [3.63, 3.8) is 0 Å². The molecule has 0 fully saturated rings. The maximum atomic E-state index is 12.0. The van der Waals surface area contributed by atoms with Crippen LogP contribution in [-0.2, 0) is 23.1 Å². The molecule has 8 heteroatoms. The van der Waals surface area contributed by atoms with Gasteiger partial charge in [0.25, 0.3) is 0 Å². The molecule has 0 aliphatic carbocycles. The number of unbranched alkanes of at least 4 members (excludes halogenated alkanes) is 10. The Kier molecular flexibility index (Phi) is 23.2. The molecule has 0 aromatic rings. The van der Waals surface area contributed by atoms with Gasteiger partial charge in [0.1, 0.15) is 19.3 Å². The Bertz CT molecular complexity index is 591. The zero-order chi connectivity index (χ0) is 27.0. The minimum absolute atomic E-state index is 0.0468. The van der Waals surface area contributed by atoms with Crippen LogP contribution in [0, 0.1) is 0 Å². The molecule has 0 aliphatic heterocycles. The normalized spacial score (nSPS) is 15.2. The van der Waals surface area contributed by atoms with E-state index in [9.17, 15) is 9.46 Å². The van der Waals surface area contributed by atoms with Crippen LogP contribution >= 0.6 is 7.82 Å². The summed E-state index contributed by atoms with van der Waals surface area (Å²) in [6, 6.07) is 0. The van der Waals surface area contributed by atoms with Gasteiger partial charge in [0.15, 0.2) is 0 Å². The lowest BCUT2D eigenvalue weighted by Crippen LogP contribution is -2.37. The molecule has 0 aromatic heterocycles. The number of phosphoric ester groups is 1. The minimum Gasteiger partial charge on any atom is -0.379 e. The van der Waals surface area contributed by atoms with Crippen molar-refractivity contribution in [3.8, 4) is 0 Å². The Morgan fingerprint density at radius 3 is 1.78 bits per heavy atom. The number of likely N-dealkylation sites (N-methyl/N-ethyl adjacent to an activating group) is 1. The van der Waals surface area contributed by atoms with Gasteiger partial charge in [-0.05, 0) is 57.8 Å². The summed E-state index contributed by atoms with van der Waals surface area (Å²) in [5, 5.41) is 0. The summed E-state index contributed by atoms with van der Waals surface area (Å²) in [5.74, 6) is 0. The first-order valence-electron chi connectivity index (χ1n) is 14.0. The highest BCUT2D eigenvalue weighted by Gasteiger charge is 2.24. The second kappa shape index (κ2) is 23.6. The van der Waals surface area contributed by atoms with Gasteiger partial charge in [0.2, 0.25) is 0 Å². The average Bonchev–Trinajstić information content (AvgIpc) is 2.81. The van der Waals surface area contributed by atoms with Crippen LogP contribution in [0.25, 0.3) is 0 Å². The summed E-state index contributed by atoms with van der Waals surface area (Å²) < 4.78 is 33.6. The van der Waals surface area contributed by atoms with Crippen LogP contribution in [0.2, 0.25) is 0 Å². The van der Waals surface area contributed by atoms with Gasteiger partial charge in [0, 0.05) is 13.7 Å². The van der Waals surface area contributed by atoms with Crippen molar-refractivity contribution in [2.75, 3.05) is 61.2 Å². The van der Waals surface area contributed by atoms with Gasteiger partial charge in [-0.15, -0.1) is 0 Å². The molecule has 0 aromatic carbocycles. The zero-order valence-electron chi connectivity index (χ0n) is 24.0. The van der Waals surface area contributed by atoms with Crippen LogP contribution in [0.15, 0.2) is 24.3 Å². The number of phosphoric acid groups is 1. The van der Waals surface area contributed by atoms with E-state index < -0.39 is 13.9 Å². The van der Waals surface area contributed by atoms with E-state index >= 15 is 0 Å². The summed E-state index contributed by atoms with van der Waals surface area (Å²) in [6.45, 7) is 3.94. The fourth-order valence-electron chi connectivity index (χ4n) is 3.37. The zero-order valence-corrected chi connectivity index (χ0v) is 24.9.